The first-order chi connectivity index (χ1) is 14.9. The van der Waals surface area contributed by atoms with E-state index in [0.29, 0.717) is 35.8 Å². The van der Waals surface area contributed by atoms with Crippen molar-refractivity contribution in [3.8, 4) is 11.5 Å². The Morgan fingerprint density at radius 1 is 1.10 bits per heavy atom. The van der Waals surface area contributed by atoms with E-state index in [1.165, 1.54) is 0 Å². The van der Waals surface area contributed by atoms with Gasteiger partial charge in [-0.05, 0) is 61.1 Å². The molecule has 0 saturated carbocycles. The molecule has 0 atom stereocenters. The predicted octanol–water partition coefficient (Wildman–Crippen LogP) is 4.14. The molecule has 0 fully saturated rings. The summed E-state index contributed by atoms with van der Waals surface area (Å²) in [6.07, 6.45) is 3.50. The van der Waals surface area contributed by atoms with Crippen molar-refractivity contribution >= 4 is 45.1 Å². The molecule has 164 valence electrons. The fourth-order valence-electron chi connectivity index (χ4n) is 2.38. The topological polar surface area (TPSA) is 88.7 Å². The molecule has 2 aromatic rings. The lowest BCUT2D eigenvalue weighted by Crippen LogP contribution is -2.48. The summed E-state index contributed by atoms with van der Waals surface area (Å²) in [6.45, 7) is 6.52. The van der Waals surface area contributed by atoms with Gasteiger partial charge in [-0.3, -0.25) is 25.8 Å². The van der Waals surface area contributed by atoms with E-state index in [-0.39, 0.29) is 5.11 Å². The van der Waals surface area contributed by atoms with Crippen molar-refractivity contribution in [1.29, 1.82) is 0 Å². The summed E-state index contributed by atoms with van der Waals surface area (Å²) in [5, 5.41) is 2.48. The van der Waals surface area contributed by atoms with Gasteiger partial charge >= 0.3 is 0 Å². The Bertz CT molecular complexity index is 935. The molecule has 2 amide bonds. The third-order valence-corrected chi connectivity index (χ3v) is 4.64. The monoisotopic (exact) mass is 505 g/mol. The van der Waals surface area contributed by atoms with Crippen molar-refractivity contribution in [2.75, 3.05) is 13.2 Å². The van der Waals surface area contributed by atoms with Gasteiger partial charge in [-0.25, -0.2) is 0 Å². The fraction of sp³-hybridized carbons (Fsp3) is 0.227. The van der Waals surface area contributed by atoms with Crippen LogP contribution in [0.15, 0.2) is 59.6 Å². The number of nitrogens with one attached hydrogen (secondary N) is 3. The zero-order valence-corrected chi connectivity index (χ0v) is 19.5. The van der Waals surface area contributed by atoms with Gasteiger partial charge in [0.05, 0.1) is 12.2 Å². The van der Waals surface area contributed by atoms with Crippen molar-refractivity contribution in [3.63, 3.8) is 0 Å². The second-order valence-corrected chi connectivity index (χ2v) is 7.65. The Morgan fingerprint density at radius 3 is 2.52 bits per heavy atom. The van der Waals surface area contributed by atoms with Crippen molar-refractivity contribution in [2.45, 2.75) is 19.8 Å². The number of hydrogen-bond donors (Lipinski definition) is 3. The van der Waals surface area contributed by atoms with E-state index in [0.717, 1.165) is 17.3 Å². The summed E-state index contributed by atoms with van der Waals surface area (Å²) in [5.41, 5.74) is 5.69. The van der Waals surface area contributed by atoms with Crippen LogP contribution in [0.3, 0.4) is 0 Å². The molecule has 9 heteroatoms. The Kier molecular flexibility index (Phi) is 9.99. The van der Waals surface area contributed by atoms with Gasteiger partial charge in [0.1, 0.15) is 18.1 Å². The zero-order valence-electron chi connectivity index (χ0n) is 17.1. The number of thiocarbonyl (C=S) groups is 1. The Labute approximate surface area is 195 Å². The van der Waals surface area contributed by atoms with Crippen LogP contribution in [0.1, 0.15) is 40.5 Å². The summed E-state index contributed by atoms with van der Waals surface area (Å²) in [5.74, 6) is 0.208. The van der Waals surface area contributed by atoms with E-state index in [4.69, 9.17) is 21.7 Å². The predicted molar refractivity (Wildman–Crippen MR) is 127 cm³/mol. The lowest BCUT2D eigenvalue weighted by atomic mass is 10.2. The standard InChI is InChI=1S/C22H24BrN3O4S/c1-3-5-13-30-19-11-8-16(23)14-18(19)21(28)24-22(31)26-25-20(27)15-6-9-17(10-7-15)29-12-4-2/h4,6-11,14H,2-3,5,12-13H2,1H3,(H,25,27)(H2,24,26,28,31). The van der Waals surface area contributed by atoms with Gasteiger partial charge in [0.2, 0.25) is 0 Å². The Hall–Kier alpha value is -2.91. The number of carbonyl (C=O) groups excluding carboxylic acids is 2. The quantitative estimate of drug-likeness (QED) is 0.205. The summed E-state index contributed by atoms with van der Waals surface area (Å²) >= 11 is 8.46. The van der Waals surface area contributed by atoms with E-state index < -0.39 is 11.8 Å². The number of rotatable bonds is 9. The minimum Gasteiger partial charge on any atom is -0.493 e. The lowest BCUT2D eigenvalue weighted by molar-refractivity contribution is 0.0933. The Morgan fingerprint density at radius 2 is 1.84 bits per heavy atom. The number of carbonyl (C=O) groups is 2. The van der Waals surface area contributed by atoms with E-state index in [9.17, 15) is 9.59 Å². The SMILES string of the molecule is C=CCOc1ccc(C(=O)NNC(=S)NC(=O)c2cc(Br)ccc2OCCCC)cc1. The first-order valence-corrected chi connectivity index (χ1v) is 10.8. The smallest absolute Gasteiger partial charge is 0.269 e. The zero-order chi connectivity index (χ0) is 22.6. The van der Waals surface area contributed by atoms with Crippen molar-refractivity contribution in [1.82, 2.24) is 16.2 Å². The second-order valence-electron chi connectivity index (χ2n) is 6.33. The van der Waals surface area contributed by atoms with Crippen molar-refractivity contribution in [2.24, 2.45) is 0 Å². The highest BCUT2D eigenvalue weighted by atomic mass is 79.9. The third-order valence-electron chi connectivity index (χ3n) is 3.94. The van der Waals surface area contributed by atoms with Gasteiger partial charge in [-0.15, -0.1) is 0 Å². The largest absolute Gasteiger partial charge is 0.493 e. The summed E-state index contributed by atoms with van der Waals surface area (Å²) in [7, 11) is 0. The van der Waals surface area contributed by atoms with E-state index >= 15 is 0 Å². The highest BCUT2D eigenvalue weighted by molar-refractivity contribution is 9.10. The minimum atomic E-state index is -0.455. The normalized spacial score (nSPS) is 10.0. The molecule has 0 saturated heterocycles. The van der Waals surface area contributed by atoms with Gasteiger partial charge in [0.15, 0.2) is 5.11 Å². The van der Waals surface area contributed by atoms with Crippen LogP contribution >= 0.6 is 28.1 Å². The van der Waals surface area contributed by atoms with Crippen LogP contribution in [0, 0.1) is 0 Å². The van der Waals surface area contributed by atoms with Crippen LogP contribution < -0.4 is 25.6 Å². The third kappa shape index (κ3) is 8.03. The van der Waals surface area contributed by atoms with Gasteiger partial charge in [-0.2, -0.15) is 0 Å². The van der Waals surface area contributed by atoms with E-state index in [1.807, 2.05) is 0 Å². The van der Waals surface area contributed by atoms with Crippen LogP contribution in [-0.2, 0) is 0 Å². The number of hydrazine groups is 1. The Balaban J connectivity index is 1.90. The number of halogens is 1. The fourth-order valence-corrected chi connectivity index (χ4v) is 2.88. The summed E-state index contributed by atoms with van der Waals surface area (Å²) < 4.78 is 11.8. The molecule has 2 rings (SSSR count). The molecule has 0 aliphatic heterocycles. The average Bonchev–Trinajstić information content (AvgIpc) is 2.77. The highest BCUT2D eigenvalue weighted by Crippen LogP contribution is 2.23. The molecule has 0 unspecified atom stereocenters. The van der Waals surface area contributed by atoms with Gasteiger partial charge < -0.3 is 9.47 Å². The summed E-state index contributed by atoms with van der Waals surface area (Å²) in [6, 6.07) is 11.7. The lowest BCUT2D eigenvalue weighted by Gasteiger charge is -2.14. The maximum Gasteiger partial charge on any atom is 0.269 e. The molecule has 0 aromatic heterocycles. The molecule has 0 spiro atoms. The maximum atomic E-state index is 12.6. The van der Waals surface area contributed by atoms with Crippen LogP contribution in [0.2, 0.25) is 0 Å². The molecular formula is C22H24BrN3O4S. The molecule has 0 radical (unpaired) electrons. The molecule has 0 aliphatic carbocycles. The van der Waals surface area contributed by atoms with E-state index in [2.05, 4.69) is 45.6 Å². The van der Waals surface area contributed by atoms with E-state index in [1.54, 1.807) is 48.5 Å². The molecule has 7 nitrogen and oxygen atoms in total. The maximum absolute atomic E-state index is 12.6. The molecule has 2 aromatic carbocycles. The van der Waals surface area contributed by atoms with Gasteiger partial charge in [0, 0.05) is 10.0 Å². The van der Waals surface area contributed by atoms with Crippen LogP contribution in [-0.4, -0.2) is 30.1 Å². The average molecular weight is 506 g/mol. The second kappa shape index (κ2) is 12.7. The van der Waals surface area contributed by atoms with Crippen LogP contribution in [0.25, 0.3) is 0 Å². The first kappa shape index (κ1) is 24.4. The van der Waals surface area contributed by atoms with Gasteiger partial charge in [-0.1, -0.05) is 41.9 Å². The molecule has 3 N–H and O–H groups in total. The molecule has 0 bridgehead atoms. The summed E-state index contributed by atoms with van der Waals surface area (Å²) in [4.78, 5) is 24.9. The molecule has 0 heterocycles. The van der Waals surface area contributed by atoms with Crippen molar-refractivity contribution < 1.29 is 19.1 Å². The van der Waals surface area contributed by atoms with Crippen LogP contribution in [0.5, 0.6) is 11.5 Å². The van der Waals surface area contributed by atoms with Crippen molar-refractivity contribution in [3.05, 3.63) is 70.7 Å². The first-order valence-electron chi connectivity index (χ1n) is 9.62. The number of hydrogen-bond acceptors (Lipinski definition) is 5. The number of unbranched alkanes of at least 4 members (excludes halogenated alkanes) is 1. The minimum absolute atomic E-state index is 0.0521. The molecule has 31 heavy (non-hydrogen) atoms. The number of amides is 2. The number of benzene rings is 2. The van der Waals surface area contributed by atoms with Crippen LogP contribution in [0.4, 0.5) is 0 Å². The molecular weight excluding hydrogens is 482 g/mol. The van der Waals surface area contributed by atoms with Gasteiger partial charge in [0.25, 0.3) is 11.8 Å². The highest BCUT2D eigenvalue weighted by Gasteiger charge is 2.15. The molecule has 0 aliphatic rings. The number of ether oxygens (including phenoxy) is 2.